The van der Waals surface area contributed by atoms with Crippen LogP contribution < -0.4 is 5.73 Å². The number of anilines is 1. The second kappa shape index (κ2) is 3.67. The lowest BCUT2D eigenvalue weighted by molar-refractivity contribution is 0.137. The van der Waals surface area contributed by atoms with E-state index in [4.69, 9.17) is 5.73 Å². The van der Waals surface area contributed by atoms with Crippen molar-refractivity contribution in [2.45, 2.75) is 20.4 Å². The van der Waals surface area contributed by atoms with E-state index in [2.05, 4.69) is 20.3 Å². The highest BCUT2D eigenvalue weighted by atomic mass is 16.3. The molecule has 0 unspecified atom stereocenters. The topological polar surface area (TPSA) is 103 Å². The molecule has 0 radical (unpaired) electrons. The van der Waals surface area contributed by atoms with Gasteiger partial charge in [-0.15, -0.1) is 5.10 Å². The molecule has 0 spiro atoms. The number of nitrogens with zero attached hydrogens (tertiary/aromatic N) is 5. The Morgan fingerprint density at radius 1 is 1.44 bits per heavy atom. The smallest absolute Gasteiger partial charge is 0.183 e. The summed E-state index contributed by atoms with van der Waals surface area (Å²) in [6.45, 7) is 4.46. The molecule has 2 aromatic heterocycles. The third-order valence-corrected chi connectivity index (χ3v) is 2.33. The summed E-state index contributed by atoms with van der Waals surface area (Å²) < 4.78 is 1.63. The van der Waals surface area contributed by atoms with E-state index < -0.39 is 0 Å². The number of hydrogen-bond acceptors (Lipinski definition) is 6. The molecule has 2 heterocycles. The number of nitrogens with two attached hydrogens (primary N) is 1. The van der Waals surface area contributed by atoms with Gasteiger partial charge in [-0.25, -0.2) is 14.6 Å². The van der Waals surface area contributed by atoms with Gasteiger partial charge >= 0.3 is 0 Å². The van der Waals surface area contributed by atoms with Crippen molar-refractivity contribution in [3.63, 3.8) is 0 Å². The van der Waals surface area contributed by atoms with Gasteiger partial charge in [-0.05, 0) is 0 Å². The quantitative estimate of drug-likeness (QED) is 0.746. The predicted molar refractivity (Wildman–Crippen MR) is 58.4 cm³/mol. The van der Waals surface area contributed by atoms with Crippen LogP contribution in [0.1, 0.15) is 13.8 Å². The molecule has 0 amide bonds. The van der Waals surface area contributed by atoms with Crippen LogP contribution in [0.15, 0.2) is 6.33 Å². The third kappa shape index (κ3) is 1.81. The maximum atomic E-state index is 9.20. The molecule has 0 aliphatic carbocycles. The maximum Gasteiger partial charge on any atom is 0.183 e. The van der Waals surface area contributed by atoms with Gasteiger partial charge in [-0.1, -0.05) is 19.1 Å². The second-order valence-corrected chi connectivity index (χ2v) is 4.50. The fourth-order valence-electron chi connectivity index (χ4n) is 1.37. The van der Waals surface area contributed by atoms with Crippen molar-refractivity contribution in [1.29, 1.82) is 0 Å². The first-order valence-corrected chi connectivity index (χ1v) is 4.94. The molecule has 0 aliphatic rings. The fourth-order valence-corrected chi connectivity index (χ4v) is 1.37. The number of aliphatic hydroxyl groups excluding tert-OH is 1. The van der Waals surface area contributed by atoms with Gasteiger partial charge < -0.3 is 10.8 Å². The maximum absolute atomic E-state index is 9.20. The molecule has 86 valence electrons. The number of hydrogen-bond donors (Lipinski definition) is 2. The van der Waals surface area contributed by atoms with E-state index in [9.17, 15) is 5.11 Å². The first-order chi connectivity index (χ1) is 7.53. The fraction of sp³-hybridized carbons (Fsp3) is 0.556. The van der Waals surface area contributed by atoms with Gasteiger partial charge in [0.25, 0.3) is 0 Å². The van der Waals surface area contributed by atoms with Crippen molar-refractivity contribution >= 4 is 17.0 Å². The zero-order chi connectivity index (χ0) is 11.8. The van der Waals surface area contributed by atoms with Crippen molar-refractivity contribution in [2.75, 3.05) is 12.3 Å². The summed E-state index contributed by atoms with van der Waals surface area (Å²) in [5.74, 6) is 0.318. The third-order valence-electron chi connectivity index (χ3n) is 2.33. The molecule has 0 atom stereocenters. The Kier molecular flexibility index (Phi) is 2.47. The molecule has 3 N–H and O–H groups in total. The van der Waals surface area contributed by atoms with E-state index in [1.807, 2.05) is 13.8 Å². The minimum Gasteiger partial charge on any atom is -0.396 e. The van der Waals surface area contributed by atoms with Crippen LogP contribution in [-0.4, -0.2) is 36.7 Å². The zero-order valence-corrected chi connectivity index (χ0v) is 9.25. The Morgan fingerprint density at radius 3 is 2.88 bits per heavy atom. The number of aliphatic hydroxyl groups is 1. The van der Waals surface area contributed by atoms with Crippen molar-refractivity contribution < 1.29 is 5.11 Å². The monoisotopic (exact) mass is 222 g/mol. The van der Waals surface area contributed by atoms with E-state index in [1.54, 1.807) is 4.68 Å². The molecule has 0 aromatic carbocycles. The number of nitrogen functional groups attached to an aromatic ring is 1. The Labute approximate surface area is 92.3 Å². The average molecular weight is 222 g/mol. The molecule has 0 saturated carbocycles. The van der Waals surface area contributed by atoms with Gasteiger partial charge in [0.05, 0.1) is 6.54 Å². The van der Waals surface area contributed by atoms with Crippen molar-refractivity contribution in [3.05, 3.63) is 6.33 Å². The van der Waals surface area contributed by atoms with Crippen LogP contribution in [0.5, 0.6) is 0 Å². The number of rotatable bonds is 3. The summed E-state index contributed by atoms with van der Waals surface area (Å²) >= 11 is 0. The van der Waals surface area contributed by atoms with Crippen LogP contribution in [0.3, 0.4) is 0 Å². The molecule has 16 heavy (non-hydrogen) atoms. The molecule has 0 aliphatic heterocycles. The van der Waals surface area contributed by atoms with Crippen LogP contribution >= 0.6 is 0 Å². The normalized spacial score (nSPS) is 12.2. The Bertz CT molecular complexity index is 506. The van der Waals surface area contributed by atoms with Gasteiger partial charge in [-0.3, -0.25) is 0 Å². The second-order valence-electron chi connectivity index (χ2n) is 4.50. The molecule has 7 nitrogen and oxygen atoms in total. The van der Waals surface area contributed by atoms with E-state index in [1.165, 1.54) is 6.33 Å². The molecule has 0 saturated heterocycles. The molecule has 7 heteroatoms. The minimum atomic E-state index is -0.277. The summed E-state index contributed by atoms with van der Waals surface area (Å²) in [5, 5.41) is 17.1. The summed E-state index contributed by atoms with van der Waals surface area (Å²) in [4.78, 5) is 7.92. The number of fused-ring (bicyclic) bond motifs is 1. The predicted octanol–water partition coefficient (Wildman–Crippen LogP) is -0.178. The lowest BCUT2D eigenvalue weighted by atomic mass is 9.95. The first kappa shape index (κ1) is 10.7. The van der Waals surface area contributed by atoms with Gasteiger partial charge in [0.15, 0.2) is 17.0 Å². The van der Waals surface area contributed by atoms with Crippen LogP contribution in [0.25, 0.3) is 11.2 Å². The largest absolute Gasteiger partial charge is 0.396 e. The van der Waals surface area contributed by atoms with Gasteiger partial charge in [0, 0.05) is 12.0 Å². The van der Waals surface area contributed by atoms with Crippen molar-refractivity contribution in [1.82, 2.24) is 25.0 Å². The summed E-state index contributed by atoms with van der Waals surface area (Å²) in [6, 6.07) is 0. The summed E-state index contributed by atoms with van der Waals surface area (Å²) in [7, 11) is 0. The first-order valence-electron chi connectivity index (χ1n) is 4.94. The Morgan fingerprint density at radius 2 is 2.19 bits per heavy atom. The average Bonchev–Trinajstić information content (AvgIpc) is 2.63. The van der Waals surface area contributed by atoms with Crippen molar-refractivity contribution in [2.24, 2.45) is 5.41 Å². The van der Waals surface area contributed by atoms with Gasteiger partial charge in [0.2, 0.25) is 0 Å². The lowest BCUT2D eigenvalue weighted by Crippen LogP contribution is -2.24. The standard InChI is InChI=1S/C9H14N6O/c1-9(2,4-16)3-15-8-6(13-14-15)7(10)11-5-12-8/h5,16H,3-4H2,1-2H3,(H2,10,11,12). The zero-order valence-electron chi connectivity index (χ0n) is 9.25. The highest BCUT2D eigenvalue weighted by molar-refractivity contribution is 5.80. The van der Waals surface area contributed by atoms with E-state index in [0.717, 1.165) is 0 Å². The lowest BCUT2D eigenvalue weighted by Gasteiger charge is -2.20. The molecular formula is C9H14N6O. The highest BCUT2D eigenvalue weighted by Crippen LogP contribution is 2.19. The van der Waals surface area contributed by atoms with E-state index >= 15 is 0 Å². The number of aromatic nitrogens is 5. The Balaban J connectivity index is 2.43. The summed E-state index contributed by atoms with van der Waals surface area (Å²) in [5.41, 5.74) is 6.46. The summed E-state index contributed by atoms with van der Waals surface area (Å²) in [6.07, 6.45) is 1.38. The van der Waals surface area contributed by atoms with E-state index in [-0.39, 0.29) is 12.0 Å². The highest BCUT2D eigenvalue weighted by Gasteiger charge is 2.20. The van der Waals surface area contributed by atoms with E-state index in [0.29, 0.717) is 23.5 Å². The van der Waals surface area contributed by atoms with Gasteiger partial charge in [-0.2, -0.15) is 0 Å². The molecular weight excluding hydrogens is 208 g/mol. The Hall–Kier alpha value is -1.76. The SMILES string of the molecule is CC(C)(CO)Cn1nnc2c(N)ncnc21. The van der Waals surface area contributed by atoms with Crippen LogP contribution in [0, 0.1) is 5.41 Å². The molecule has 0 bridgehead atoms. The van der Waals surface area contributed by atoms with Gasteiger partial charge in [0.1, 0.15) is 6.33 Å². The van der Waals surface area contributed by atoms with Crippen LogP contribution in [0.4, 0.5) is 5.82 Å². The van der Waals surface area contributed by atoms with Crippen LogP contribution in [-0.2, 0) is 6.54 Å². The minimum absolute atomic E-state index is 0.0644. The van der Waals surface area contributed by atoms with Crippen molar-refractivity contribution in [3.8, 4) is 0 Å². The molecule has 2 aromatic rings. The van der Waals surface area contributed by atoms with Crippen LogP contribution in [0.2, 0.25) is 0 Å². The molecule has 0 fully saturated rings. The molecule has 2 rings (SSSR count).